The predicted octanol–water partition coefficient (Wildman–Crippen LogP) is 3.89. The Hall–Kier alpha value is -2.05. The lowest BCUT2D eigenvalue weighted by Crippen LogP contribution is -2.43. The minimum absolute atomic E-state index is 0.0401. The van der Waals surface area contributed by atoms with E-state index < -0.39 is 23.9 Å². The van der Waals surface area contributed by atoms with Crippen molar-refractivity contribution in [2.24, 2.45) is 11.8 Å². The van der Waals surface area contributed by atoms with Crippen LogP contribution in [-0.4, -0.2) is 34.0 Å². The van der Waals surface area contributed by atoms with Crippen molar-refractivity contribution in [3.63, 3.8) is 0 Å². The molecule has 0 bridgehead atoms. The number of alkyl halides is 3. The van der Waals surface area contributed by atoms with Gasteiger partial charge in [0, 0.05) is 13.0 Å². The van der Waals surface area contributed by atoms with Gasteiger partial charge in [0.15, 0.2) is 0 Å². The number of nitrogens with one attached hydrogen (secondary N) is 1. The molecule has 1 saturated carbocycles. The van der Waals surface area contributed by atoms with Gasteiger partial charge in [0.25, 0.3) is 0 Å². The quantitative estimate of drug-likeness (QED) is 0.922. The number of fused-ring (bicyclic) bond motifs is 1. The van der Waals surface area contributed by atoms with Gasteiger partial charge in [-0.3, -0.25) is 4.79 Å². The second-order valence-corrected chi connectivity index (χ2v) is 6.43. The first-order valence-corrected chi connectivity index (χ1v) is 8.11. The predicted molar refractivity (Wildman–Crippen MR) is 84.1 cm³/mol. The summed E-state index contributed by atoms with van der Waals surface area (Å²) in [5.41, 5.74) is 1.62. The van der Waals surface area contributed by atoms with Crippen molar-refractivity contribution in [2.45, 2.75) is 38.4 Å². The van der Waals surface area contributed by atoms with Gasteiger partial charge in [0.1, 0.15) is 5.82 Å². The number of carbonyl (C=O) groups excluding carboxylic acids is 1. The zero-order valence-electron chi connectivity index (χ0n) is 13.4. The number of hydrogen-bond donors (Lipinski definition) is 1. The number of para-hydroxylation sites is 2. The molecule has 0 saturated heterocycles. The third-order valence-corrected chi connectivity index (χ3v) is 4.71. The number of amides is 1. The van der Waals surface area contributed by atoms with E-state index in [2.05, 4.69) is 9.97 Å². The summed E-state index contributed by atoms with van der Waals surface area (Å²) in [6.45, 7) is 0.175. The summed E-state index contributed by atoms with van der Waals surface area (Å²) in [7, 11) is 1.54. The number of imidazole rings is 1. The molecule has 1 aliphatic rings. The van der Waals surface area contributed by atoms with Gasteiger partial charge < -0.3 is 9.88 Å². The molecule has 2 atom stereocenters. The van der Waals surface area contributed by atoms with Crippen molar-refractivity contribution in [1.82, 2.24) is 14.9 Å². The molecule has 4 nitrogen and oxygen atoms in total. The fourth-order valence-corrected chi connectivity index (χ4v) is 3.48. The molecule has 1 amide bonds. The van der Waals surface area contributed by atoms with Gasteiger partial charge in [-0.15, -0.1) is 0 Å². The molecular weight excluding hydrogens is 319 g/mol. The molecule has 3 rings (SSSR count). The molecule has 2 aromatic rings. The normalized spacial score (nSPS) is 21.8. The van der Waals surface area contributed by atoms with Crippen molar-refractivity contribution >= 4 is 16.9 Å². The molecule has 1 fully saturated rings. The molecule has 24 heavy (non-hydrogen) atoms. The van der Waals surface area contributed by atoms with Gasteiger partial charge >= 0.3 is 6.18 Å². The van der Waals surface area contributed by atoms with Gasteiger partial charge in [0.2, 0.25) is 5.91 Å². The lowest BCUT2D eigenvalue weighted by atomic mass is 9.78. The van der Waals surface area contributed by atoms with Crippen LogP contribution < -0.4 is 0 Å². The summed E-state index contributed by atoms with van der Waals surface area (Å²) in [6.07, 6.45) is -2.78. The maximum atomic E-state index is 13.2. The molecule has 1 aromatic heterocycles. The van der Waals surface area contributed by atoms with Gasteiger partial charge in [0.05, 0.1) is 23.5 Å². The van der Waals surface area contributed by atoms with Crippen LogP contribution in [0.3, 0.4) is 0 Å². The van der Waals surface area contributed by atoms with Crippen LogP contribution in [-0.2, 0) is 11.3 Å². The Kier molecular flexibility index (Phi) is 4.51. The van der Waals surface area contributed by atoms with E-state index in [0.717, 1.165) is 11.0 Å². The maximum Gasteiger partial charge on any atom is 0.392 e. The topological polar surface area (TPSA) is 49.0 Å². The average molecular weight is 339 g/mol. The van der Waals surface area contributed by atoms with Crippen LogP contribution in [0.1, 0.15) is 31.5 Å². The van der Waals surface area contributed by atoms with Crippen molar-refractivity contribution < 1.29 is 18.0 Å². The highest BCUT2D eigenvalue weighted by Crippen LogP contribution is 2.42. The minimum atomic E-state index is -4.32. The van der Waals surface area contributed by atoms with Crippen LogP contribution in [0.15, 0.2) is 24.3 Å². The van der Waals surface area contributed by atoms with Crippen LogP contribution in [0.5, 0.6) is 0 Å². The second-order valence-electron chi connectivity index (χ2n) is 6.43. The largest absolute Gasteiger partial charge is 0.392 e. The number of nitrogens with zero attached hydrogens (tertiary/aromatic N) is 2. The summed E-state index contributed by atoms with van der Waals surface area (Å²) in [5.74, 6) is -2.38. The zero-order valence-corrected chi connectivity index (χ0v) is 13.4. The maximum absolute atomic E-state index is 13.2. The van der Waals surface area contributed by atoms with E-state index in [1.54, 1.807) is 0 Å². The van der Waals surface area contributed by atoms with Crippen LogP contribution in [0.25, 0.3) is 11.0 Å². The molecule has 1 heterocycles. The molecule has 0 unspecified atom stereocenters. The van der Waals surface area contributed by atoms with E-state index in [4.69, 9.17) is 0 Å². The number of carbonyl (C=O) groups is 1. The Labute approximate surface area is 138 Å². The molecule has 0 aliphatic heterocycles. The van der Waals surface area contributed by atoms with Gasteiger partial charge in [-0.05, 0) is 25.0 Å². The lowest BCUT2D eigenvalue weighted by Gasteiger charge is -2.34. The third-order valence-electron chi connectivity index (χ3n) is 4.71. The van der Waals surface area contributed by atoms with E-state index >= 15 is 0 Å². The van der Waals surface area contributed by atoms with E-state index in [9.17, 15) is 18.0 Å². The summed E-state index contributed by atoms with van der Waals surface area (Å²) in [6, 6.07) is 7.44. The van der Waals surface area contributed by atoms with E-state index in [1.807, 2.05) is 24.3 Å². The molecule has 1 aromatic carbocycles. The number of aromatic amines is 1. The van der Waals surface area contributed by atoms with E-state index in [0.29, 0.717) is 25.1 Å². The van der Waals surface area contributed by atoms with Crippen LogP contribution in [0.2, 0.25) is 0 Å². The highest BCUT2D eigenvalue weighted by Gasteiger charge is 2.48. The summed E-state index contributed by atoms with van der Waals surface area (Å²) in [5, 5.41) is 0. The monoisotopic (exact) mass is 339 g/mol. The first kappa shape index (κ1) is 16.8. The SMILES string of the molecule is CN(Cc1nc2ccccc2[nH]1)C(=O)[C@@H]1CCCC[C@@H]1C(F)(F)F. The molecule has 130 valence electrons. The Morgan fingerprint density at radius 2 is 2.00 bits per heavy atom. The second kappa shape index (κ2) is 6.45. The first-order chi connectivity index (χ1) is 11.4. The number of H-pyrrole nitrogens is 1. The van der Waals surface area contributed by atoms with Gasteiger partial charge in [-0.1, -0.05) is 25.0 Å². The number of rotatable bonds is 3. The summed E-state index contributed by atoms with van der Waals surface area (Å²) in [4.78, 5) is 21.4. The first-order valence-electron chi connectivity index (χ1n) is 8.11. The van der Waals surface area contributed by atoms with Crippen molar-refractivity contribution in [3.05, 3.63) is 30.1 Å². The Morgan fingerprint density at radius 1 is 1.29 bits per heavy atom. The van der Waals surface area contributed by atoms with Crippen molar-refractivity contribution in [2.75, 3.05) is 7.05 Å². The fourth-order valence-electron chi connectivity index (χ4n) is 3.48. The lowest BCUT2D eigenvalue weighted by molar-refractivity contribution is -0.200. The van der Waals surface area contributed by atoms with Crippen molar-refractivity contribution in [1.29, 1.82) is 0 Å². The molecule has 0 radical (unpaired) electrons. The molecule has 7 heteroatoms. The smallest absolute Gasteiger partial charge is 0.340 e. The molecule has 1 aliphatic carbocycles. The highest BCUT2D eigenvalue weighted by molar-refractivity contribution is 5.79. The molecule has 1 N–H and O–H groups in total. The van der Waals surface area contributed by atoms with Crippen LogP contribution in [0, 0.1) is 11.8 Å². The van der Waals surface area contributed by atoms with E-state index in [1.165, 1.54) is 11.9 Å². The van der Waals surface area contributed by atoms with Gasteiger partial charge in [-0.2, -0.15) is 13.2 Å². The fraction of sp³-hybridized carbons (Fsp3) is 0.529. The number of hydrogen-bond acceptors (Lipinski definition) is 2. The standard InChI is InChI=1S/C17H20F3N3O/c1-23(10-15-21-13-8-4-5-9-14(13)22-15)16(24)11-6-2-3-7-12(11)17(18,19)20/h4-5,8-9,11-12H,2-3,6-7,10H2,1H3,(H,21,22)/t11-,12+/m1/s1. The summed E-state index contributed by atoms with van der Waals surface area (Å²) >= 11 is 0. The molecular formula is C17H20F3N3O. The average Bonchev–Trinajstić information content (AvgIpc) is 2.95. The third kappa shape index (κ3) is 3.39. The Morgan fingerprint density at radius 3 is 2.71 bits per heavy atom. The highest BCUT2D eigenvalue weighted by atomic mass is 19.4. The van der Waals surface area contributed by atoms with Crippen molar-refractivity contribution in [3.8, 4) is 0 Å². The van der Waals surface area contributed by atoms with Gasteiger partial charge in [-0.25, -0.2) is 4.98 Å². The van der Waals surface area contributed by atoms with Crippen LogP contribution >= 0.6 is 0 Å². The molecule has 0 spiro atoms. The number of aromatic nitrogens is 2. The van der Waals surface area contributed by atoms with Crippen LogP contribution in [0.4, 0.5) is 13.2 Å². The number of benzene rings is 1. The minimum Gasteiger partial charge on any atom is -0.340 e. The summed E-state index contributed by atoms with van der Waals surface area (Å²) < 4.78 is 39.6. The van der Waals surface area contributed by atoms with E-state index in [-0.39, 0.29) is 13.0 Å². The zero-order chi connectivity index (χ0) is 17.3. The Balaban J connectivity index is 1.73. The Bertz CT molecular complexity index is 692. The number of halogens is 3.